The van der Waals surface area contributed by atoms with Gasteiger partial charge in [-0.15, -0.1) is 23.4 Å². The van der Waals surface area contributed by atoms with Gasteiger partial charge in [0.15, 0.2) is 0 Å². The predicted octanol–water partition coefficient (Wildman–Crippen LogP) is 6.43. The molecule has 7 nitrogen and oxygen atoms in total. The van der Waals surface area contributed by atoms with Gasteiger partial charge in [0.2, 0.25) is 10.0 Å². The van der Waals surface area contributed by atoms with Crippen molar-refractivity contribution in [2.75, 3.05) is 5.32 Å². The number of rotatable bonds is 5. The zero-order chi connectivity index (χ0) is 26.6. The maximum absolute atomic E-state index is 12.2. The summed E-state index contributed by atoms with van der Waals surface area (Å²) in [6, 6.07) is 26.0. The predicted molar refractivity (Wildman–Crippen MR) is 151 cm³/mol. The van der Waals surface area contributed by atoms with Crippen molar-refractivity contribution in [3.05, 3.63) is 106 Å². The lowest BCUT2D eigenvalue weighted by atomic mass is 9.76. The van der Waals surface area contributed by atoms with Crippen molar-refractivity contribution in [1.29, 1.82) is 0 Å². The molecule has 0 spiro atoms. The zero-order valence-corrected chi connectivity index (χ0v) is 22.4. The summed E-state index contributed by atoms with van der Waals surface area (Å²) in [6.45, 7) is 0. The van der Waals surface area contributed by atoms with E-state index >= 15 is 0 Å². The molecule has 0 radical (unpaired) electrons. The van der Waals surface area contributed by atoms with E-state index in [9.17, 15) is 18.5 Å². The van der Waals surface area contributed by atoms with Crippen LogP contribution in [0.4, 0.5) is 11.4 Å². The van der Waals surface area contributed by atoms with Crippen LogP contribution in [-0.4, -0.2) is 24.0 Å². The molecule has 1 aliphatic carbocycles. The van der Waals surface area contributed by atoms with E-state index in [0.29, 0.717) is 11.3 Å². The number of primary sulfonamides is 1. The number of halogens is 1. The summed E-state index contributed by atoms with van der Waals surface area (Å²) < 4.78 is 24.4. The van der Waals surface area contributed by atoms with E-state index in [1.807, 2.05) is 18.2 Å². The topological polar surface area (TPSA) is 115 Å². The van der Waals surface area contributed by atoms with Crippen LogP contribution in [0.5, 0.6) is 0 Å². The number of anilines is 1. The Kier molecular flexibility index (Phi) is 6.34. The lowest BCUT2D eigenvalue weighted by molar-refractivity contribution is -0.387. The first-order valence-electron chi connectivity index (χ1n) is 12.2. The number of benzene rings is 4. The van der Waals surface area contributed by atoms with Crippen LogP contribution in [0.3, 0.4) is 0 Å². The van der Waals surface area contributed by atoms with E-state index in [1.54, 1.807) is 30.3 Å². The molecule has 4 aromatic rings. The van der Waals surface area contributed by atoms with E-state index in [1.165, 1.54) is 23.9 Å². The minimum atomic E-state index is -3.91. The number of nitrogens with zero attached hydrogens (tertiary/aromatic N) is 1. The largest absolute Gasteiger partial charge is 0.378 e. The third-order valence-electron chi connectivity index (χ3n) is 7.61. The van der Waals surface area contributed by atoms with Crippen LogP contribution in [-0.2, 0) is 10.0 Å². The van der Waals surface area contributed by atoms with Crippen molar-refractivity contribution < 1.29 is 13.3 Å². The summed E-state index contributed by atoms with van der Waals surface area (Å²) in [4.78, 5) is 11.9. The second-order valence-corrected chi connectivity index (χ2v) is 13.1. The Bertz CT molecular complexity index is 1670. The smallest absolute Gasteiger partial charge is 0.282 e. The highest BCUT2D eigenvalue weighted by atomic mass is 35.5. The monoisotopic (exact) mass is 565 g/mol. The highest BCUT2D eigenvalue weighted by Crippen LogP contribution is 2.58. The number of nitro benzene ring substituents is 1. The standard InChI is InChI=1S/C28H24ClN3O4S2/c29-27-25(37-24-11-4-3-10-23(24)32(33)34)15-21-26(27)20-14-17(38(30,35)36)12-13-22(20)31-28(21)19-9-5-7-16-6-1-2-8-18(16)19/h1-14,21,25-28,31H,15H2,(H2,30,35,36)/t21-,25+,26-,27+,28+/m0/s1. The summed E-state index contributed by atoms with van der Waals surface area (Å²) in [7, 11) is -3.91. The summed E-state index contributed by atoms with van der Waals surface area (Å²) in [5, 5.41) is 22.6. The number of hydrogen-bond donors (Lipinski definition) is 2. The van der Waals surface area contributed by atoms with Gasteiger partial charge in [-0.3, -0.25) is 10.1 Å². The molecule has 10 heteroatoms. The van der Waals surface area contributed by atoms with Crippen LogP contribution < -0.4 is 10.5 Å². The van der Waals surface area contributed by atoms with Gasteiger partial charge >= 0.3 is 0 Å². The Labute approximate surface area is 229 Å². The quantitative estimate of drug-likeness (QED) is 0.163. The average molecular weight is 566 g/mol. The number of sulfonamides is 1. The molecule has 3 N–H and O–H groups in total. The van der Waals surface area contributed by atoms with Crippen molar-refractivity contribution in [1.82, 2.24) is 0 Å². The van der Waals surface area contributed by atoms with Gasteiger partial charge in [-0.25, -0.2) is 13.6 Å². The van der Waals surface area contributed by atoms with E-state index in [2.05, 4.69) is 29.6 Å². The van der Waals surface area contributed by atoms with Gasteiger partial charge in [0.25, 0.3) is 5.69 Å². The van der Waals surface area contributed by atoms with E-state index in [4.69, 9.17) is 16.7 Å². The van der Waals surface area contributed by atoms with Gasteiger partial charge < -0.3 is 5.32 Å². The number of thioether (sulfide) groups is 1. The molecule has 0 bridgehead atoms. The molecule has 1 fully saturated rings. The Balaban J connectivity index is 1.47. The lowest BCUT2D eigenvalue weighted by Crippen LogP contribution is -2.31. The summed E-state index contributed by atoms with van der Waals surface area (Å²) in [6.07, 6.45) is 0.690. The van der Waals surface area contributed by atoms with Crippen molar-refractivity contribution in [2.45, 2.75) is 38.8 Å². The molecule has 2 aliphatic rings. The van der Waals surface area contributed by atoms with Crippen molar-refractivity contribution in [3.8, 4) is 0 Å². The van der Waals surface area contributed by atoms with Gasteiger partial charge in [-0.05, 0) is 58.5 Å². The van der Waals surface area contributed by atoms with Gasteiger partial charge in [0.1, 0.15) is 0 Å². The maximum atomic E-state index is 12.2. The van der Waals surface area contributed by atoms with Crippen LogP contribution in [0.1, 0.15) is 29.5 Å². The van der Waals surface area contributed by atoms with E-state index < -0.39 is 10.0 Å². The molecule has 38 heavy (non-hydrogen) atoms. The average Bonchev–Trinajstić information content (AvgIpc) is 3.23. The molecule has 4 aromatic carbocycles. The third-order valence-corrected chi connectivity index (χ3v) is 10.6. The molecule has 5 atom stereocenters. The molecule has 6 rings (SSSR count). The summed E-state index contributed by atoms with van der Waals surface area (Å²) in [5.74, 6) is -0.161. The van der Waals surface area contributed by atoms with Crippen LogP contribution in [0.25, 0.3) is 10.8 Å². The van der Waals surface area contributed by atoms with E-state index in [0.717, 1.165) is 27.6 Å². The Morgan fingerprint density at radius 1 is 0.974 bits per heavy atom. The first-order chi connectivity index (χ1) is 18.2. The summed E-state index contributed by atoms with van der Waals surface area (Å²) in [5.41, 5.74) is 2.82. The Morgan fingerprint density at radius 3 is 2.50 bits per heavy atom. The summed E-state index contributed by atoms with van der Waals surface area (Å²) >= 11 is 8.62. The molecule has 0 aromatic heterocycles. The number of nitro groups is 1. The molecule has 1 aliphatic heterocycles. The van der Waals surface area contributed by atoms with Gasteiger partial charge in [0, 0.05) is 22.9 Å². The highest BCUT2D eigenvalue weighted by molar-refractivity contribution is 8.00. The first kappa shape index (κ1) is 25.2. The fourth-order valence-corrected chi connectivity index (χ4v) is 8.46. The molecular weight excluding hydrogens is 542 g/mol. The minimum absolute atomic E-state index is 0.0202. The number of para-hydroxylation sites is 1. The third kappa shape index (κ3) is 4.33. The van der Waals surface area contributed by atoms with Gasteiger partial charge in [-0.1, -0.05) is 54.6 Å². The molecule has 1 heterocycles. The zero-order valence-electron chi connectivity index (χ0n) is 20.0. The SMILES string of the molecule is NS(=O)(=O)c1ccc2c(c1)[C@@H]1[C@H](Cl)[C@H](Sc3ccccc3[N+](=O)[O-])C[C@@H]1[C@@H](c1cccc3ccccc13)N2. The van der Waals surface area contributed by atoms with Gasteiger partial charge in [0.05, 0.1) is 26.1 Å². The van der Waals surface area contributed by atoms with Crippen LogP contribution in [0.2, 0.25) is 0 Å². The molecule has 0 saturated heterocycles. The first-order valence-corrected chi connectivity index (χ1v) is 15.0. The number of hydrogen-bond acceptors (Lipinski definition) is 6. The van der Waals surface area contributed by atoms with Crippen LogP contribution in [0.15, 0.2) is 94.7 Å². The van der Waals surface area contributed by atoms with Crippen LogP contribution >= 0.6 is 23.4 Å². The van der Waals surface area contributed by atoms with E-state index in [-0.39, 0.29) is 44.0 Å². The van der Waals surface area contributed by atoms with Gasteiger partial charge in [-0.2, -0.15) is 0 Å². The minimum Gasteiger partial charge on any atom is -0.378 e. The Morgan fingerprint density at radius 2 is 1.71 bits per heavy atom. The lowest BCUT2D eigenvalue weighted by Gasteiger charge is -2.39. The number of alkyl halides is 1. The second kappa shape index (κ2) is 9.57. The fraction of sp³-hybridized carbons (Fsp3) is 0.214. The molecule has 0 amide bonds. The number of fused-ring (bicyclic) bond motifs is 4. The number of nitrogens with two attached hydrogens (primary N) is 1. The van der Waals surface area contributed by atoms with Crippen molar-refractivity contribution in [3.63, 3.8) is 0 Å². The van der Waals surface area contributed by atoms with Crippen LogP contribution in [0, 0.1) is 16.0 Å². The van der Waals surface area contributed by atoms with Crippen molar-refractivity contribution >= 4 is 55.5 Å². The fourth-order valence-electron chi connectivity index (χ4n) is 5.97. The molecule has 1 saturated carbocycles. The highest BCUT2D eigenvalue weighted by Gasteiger charge is 2.50. The molecular formula is C28H24ClN3O4S2. The normalized spacial score (nSPS) is 24.4. The Hall–Kier alpha value is -3.11. The molecule has 0 unspecified atom stereocenters. The maximum Gasteiger partial charge on any atom is 0.282 e. The molecule has 194 valence electrons. The van der Waals surface area contributed by atoms with Crippen molar-refractivity contribution in [2.24, 2.45) is 11.1 Å². The number of nitrogens with one attached hydrogen (secondary N) is 1. The second-order valence-electron chi connectivity index (χ2n) is 9.74.